The number of benzene rings is 2. The Kier molecular flexibility index (Phi) is 3.89. The molecule has 0 aliphatic heterocycles. The zero-order valence-electron chi connectivity index (χ0n) is 11.0. The van der Waals surface area contributed by atoms with Gasteiger partial charge in [-0.05, 0) is 42.8 Å². The molecule has 0 saturated carbocycles. The highest BCUT2D eigenvalue weighted by atomic mass is 19.1. The second-order valence-corrected chi connectivity index (χ2v) is 4.20. The second kappa shape index (κ2) is 5.61. The van der Waals surface area contributed by atoms with E-state index in [4.69, 9.17) is 14.6 Å². The Balaban J connectivity index is 2.34. The minimum absolute atomic E-state index is 0.0390. The molecule has 0 bridgehead atoms. The van der Waals surface area contributed by atoms with Gasteiger partial charge >= 0.3 is 5.97 Å². The minimum Gasteiger partial charge on any atom is -0.496 e. The van der Waals surface area contributed by atoms with E-state index in [1.807, 2.05) is 0 Å². The molecule has 4 nitrogen and oxygen atoms in total. The van der Waals surface area contributed by atoms with Crippen molar-refractivity contribution in [2.45, 2.75) is 6.92 Å². The summed E-state index contributed by atoms with van der Waals surface area (Å²) in [6, 6.07) is 8.82. The van der Waals surface area contributed by atoms with Crippen LogP contribution in [-0.4, -0.2) is 18.2 Å². The Hall–Kier alpha value is -2.56. The Labute approximate surface area is 115 Å². The van der Waals surface area contributed by atoms with Crippen molar-refractivity contribution in [3.63, 3.8) is 0 Å². The van der Waals surface area contributed by atoms with Gasteiger partial charge in [-0.1, -0.05) is 6.07 Å². The van der Waals surface area contributed by atoms with Gasteiger partial charge in [0.15, 0.2) is 11.6 Å². The van der Waals surface area contributed by atoms with Crippen molar-refractivity contribution in [1.82, 2.24) is 0 Å². The van der Waals surface area contributed by atoms with E-state index >= 15 is 0 Å². The lowest BCUT2D eigenvalue weighted by atomic mass is 10.2. The lowest BCUT2D eigenvalue weighted by molar-refractivity contribution is 0.0693. The van der Waals surface area contributed by atoms with Crippen molar-refractivity contribution >= 4 is 5.97 Å². The van der Waals surface area contributed by atoms with Gasteiger partial charge in [0.25, 0.3) is 0 Å². The van der Waals surface area contributed by atoms with E-state index in [1.54, 1.807) is 13.0 Å². The number of ether oxygens (including phenoxy) is 2. The van der Waals surface area contributed by atoms with E-state index in [1.165, 1.54) is 37.4 Å². The molecule has 2 rings (SSSR count). The predicted octanol–water partition coefficient (Wildman–Crippen LogP) is 3.63. The number of carbonyl (C=O) groups is 1. The zero-order chi connectivity index (χ0) is 14.7. The molecule has 0 aliphatic rings. The molecule has 0 radical (unpaired) electrons. The summed E-state index contributed by atoms with van der Waals surface area (Å²) in [6.07, 6.45) is 0. The van der Waals surface area contributed by atoms with Gasteiger partial charge < -0.3 is 14.6 Å². The Morgan fingerprint density at radius 2 is 1.85 bits per heavy atom. The van der Waals surface area contributed by atoms with Crippen molar-refractivity contribution in [3.8, 4) is 17.2 Å². The smallest absolute Gasteiger partial charge is 0.339 e. The summed E-state index contributed by atoms with van der Waals surface area (Å²) in [6.45, 7) is 1.77. The Morgan fingerprint density at radius 3 is 2.45 bits per heavy atom. The molecule has 0 aromatic heterocycles. The lowest BCUT2D eigenvalue weighted by Crippen LogP contribution is -2.01. The van der Waals surface area contributed by atoms with Gasteiger partial charge in [0.1, 0.15) is 17.1 Å². The topological polar surface area (TPSA) is 55.8 Å². The zero-order valence-corrected chi connectivity index (χ0v) is 11.0. The van der Waals surface area contributed by atoms with Crippen molar-refractivity contribution in [2.24, 2.45) is 0 Å². The van der Waals surface area contributed by atoms with Gasteiger partial charge in [-0.15, -0.1) is 0 Å². The molecule has 0 atom stereocenters. The van der Waals surface area contributed by atoms with Gasteiger partial charge in [0.2, 0.25) is 0 Å². The third-order valence-electron chi connectivity index (χ3n) is 2.72. The van der Waals surface area contributed by atoms with Crippen LogP contribution in [0, 0.1) is 12.7 Å². The summed E-state index contributed by atoms with van der Waals surface area (Å²) in [5, 5.41) is 9.07. The van der Waals surface area contributed by atoms with Crippen molar-refractivity contribution in [2.75, 3.05) is 7.11 Å². The molecule has 104 valence electrons. The number of carboxylic acid groups (broad SMARTS) is 1. The molecule has 0 heterocycles. The maximum Gasteiger partial charge on any atom is 0.339 e. The SMILES string of the molecule is COc1ccc(Oc2ccc(C)cc2F)cc1C(=O)O. The van der Waals surface area contributed by atoms with Crippen LogP contribution in [-0.2, 0) is 0 Å². The molecule has 0 amide bonds. The average molecular weight is 276 g/mol. The number of hydrogen-bond acceptors (Lipinski definition) is 3. The molecule has 0 unspecified atom stereocenters. The number of aromatic carboxylic acids is 1. The van der Waals surface area contributed by atoms with Crippen LogP contribution in [0.2, 0.25) is 0 Å². The first-order chi connectivity index (χ1) is 9.51. The van der Waals surface area contributed by atoms with Crippen LogP contribution in [0.5, 0.6) is 17.2 Å². The molecule has 20 heavy (non-hydrogen) atoms. The third-order valence-corrected chi connectivity index (χ3v) is 2.72. The first-order valence-corrected chi connectivity index (χ1v) is 5.86. The highest BCUT2D eigenvalue weighted by molar-refractivity contribution is 5.91. The van der Waals surface area contributed by atoms with E-state index in [2.05, 4.69) is 0 Å². The van der Waals surface area contributed by atoms with Crippen molar-refractivity contribution in [3.05, 3.63) is 53.3 Å². The van der Waals surface area contributed by atoms with Gasteiger partial charge in [-0.25, -0.2) is 9.18 Å². The van der Waals surface area contributed by atoms with Crippen LogP contribution in [0.1, 0.15) is 15.9 Å². The minimum atomic E-state index is -1.14. The molecule has 0 aliphatic carbocycles. The first kappa shape index (κ1) is 13.9. The van der Waals surface area contributed by atoms with Crippen molar-refractivity contribution in [1.29, 1.82) is 0 Å². The number of hydrogen-bond donors (Lipinski definition) is 1. The van der Waals surface area contributed by atoms with Gasteiger partial charge in [-0.3, -0.25) is 0 Å². The van der Waals surface area contributed by atoms with E-state index in [0.717, 1.165) is 5.56 Å². The maximum absolute atomic E-state index is 13.7. The summed E-state index contributed by atoms with van der Waals surface area (Å²) >= 11 is 0. The summed E-state index contributed by atoms with van der Waals surface area (Å²) in [5.41, 5.74) is 0.730. The van der Waals surface area contributed by atoms with Gasteiger partial charge in [-0.2, -0.15) is 0 Å². The van der Waals surface area contributed by atoms with Gasteiger partial charge in [0.05, 0.1) is 7.11 Å². The third kappa shape index (κ3) is 2.88. The summed E-state index contributed by atoms with van der Waals surface area (Å²) in [7, 11) is 1.38. The molecule has 2 aromatic carbocycles. The van der Waals surface area contributed by atoms with E-state index in [-0.39, 0.29) is 22.8 Å². The van der Waals surface area contributed by atoms with Crippen LogP contribution in [0.15, 0.2) is 36.4 Å². The van der Waals surface area contributed by atoms with E-state index < -0.39 is 11.8 Å². The fraction of sp³-hybridized carbons (Fsp3) is 0.133. The summed E-state index contributed by atoms with van der Waals surface area (Å²) in [4.78, 5) is 11.1. The average Bonchev–Trinajstić information content (AvgIpc) is 2.41. The second-order valence-electron chi connectivity index (χ2n) is 4.20. The molecule has 0 spiro atoms. The number of rotatable bonds is 4. The maximum atomic E-state index is 13.7. The van der Waals surface area contributed by atoms with E-state index in [0.29, 0.717) is 0 Å². The predicted molar refractivity (Wildman–Crippen MR) is 71.2 cm³/mol. The molecular weight excluding hydrogens is 263 g/mol. The number of halogens is 1. The highest BCUT2D eigenvalue weighted by Gasteiger charge is 2.13. The number of carboxylic acids is 1. The van der Waals surface area contributed by atoms with Crippen LogP contribution < -0.4 is 9.47 Å². The molecule has 0 saturated heterocycles. The highest BCUT2D eigenvalue weighted by Crippen LogP contribution is 2.29. The molecular formula is C15H13FO4. The quantitative estimate of drug-likeness (QED) is 0.926. The van der Waals surface area contributed by atoms with Crippen LogP contribution >= 0.6 is 0 Å². The lowest BCUT2D eigenvalue weighted by Gasteiger charge is -2.10. The summed E-state index contributed by atoms with van der Waals surface area (Å²) < 4.78 is 24.0. The van der Waals surface area contributed by atoms with Crippen LogP contribution in [0.4, 0.5) is 4.39 Å². The van der Waals surface area contributed by atoms with Crippen LogP contribution in [0.3, 0.4) is 0 Å². The Morgan fingerprint density at radius 1 is 1.15 bits per heavy atom. The number of methoxy groups -OCH3 is 1. The largest absolute Gasteiger partial charge is 0.496 e. The molecule has 5 heteroatoms. The Bertz CT molecular complexity index is 652. The normalized spacial score (nSPS) is 10.2. The van der Waals surface area contributed by atoms with Crippen molar-refractivity contribution < 1.29 is 23.8 Å². The van der Waals surface area contributed by atoms with Gasteiger partial charge in [0, 0.05) is 0 Å². The summed E-state index contributed by atoms with van der Waals surface area (Å²) in [5.74, 6) is -1.16. The fourth-order valence-electron chi connectivity index (χ4n) is 1.73. The molecule has 0 fully saturated rings. The number of aryl methyl sites for hydroxylation is 1. The van der Waals surface area contributed by atoms with E-state index in [9.17, 15) is 9.18 Å². The monoisotopic (exact) mass is 276 g/mol. The first-order valence-electron chi connectivity index (χ1n) is 5.86. The van der Waals surface area contributed by atoms with Crippen LogP contribution in [0.25, 0.3) is 0 Å². The molecule has 2 aromatic rings. The molecule has 1 N–H and O–H groups in total. The standard InChI is InChI=1S/C15H13FO4/c1-9-3-5-14(12(16)7-9)20-10-4-6-13(19-2)11(8-10)15(17)18/h3-8H,1-2H3,(H,17,18). The fourth-order valence-corrected chi connectivity index (χ4v) is 1.73.